The van der Waals surface area contributed by atoms with Crippen molar-refractivity contribution in [1.82, 2.24) is 5.32 Å². The van der Waals surface area contributed by atoms with Gasteiger partial charge in [0.25, 0.3) is 0 Å². The Kier molecular flexibility index (Phi) is 6.34. The predicted molar refractivity (Wildman–Crippen MR) is 98.7 cm³/mol. The maximum absolute atomic E-state index is 12.5. The van der Waals surface area contributed by atoms with E-state index in [0.717, 1.165) is 5.56 Å². The largest absolute Gasteiger partial charge is 0.444 e. The van der Waals surface area contributed by atoms with E-state index in [4.69, 9.17) is 4.74 Å². The summed E-state index contributed by atoms with van der Waals surface area (Å²) < 4.78 is 5.33. The van der Waals surface area contributed by atoms with Crippen molar-refractivity contribution in [3.8, 4) is 0 Å². The van der Waals surface area contributed by atoms with Crippen molar-refractivity contribution >= 4 is 11.9 Å². The van der Waals surface area contributed by atoms with Crippen LogP contribution in [0.5, 0.6) is 0 Å². The number of benzene rings is 2. The van der Waals surface area contributed by atoms with Crippen LogP contribution in [0.15, 0.2) is 60.7 Å². The van der Waals surface area contributed by atoms with Gasteiger partial charge in [0.1, 0.15) is 5.60 Å². The van der Waals surface area contributed by atoms with Crippen LogP contribution >= 0.6 is 0 Å². The van der Waals surface area contributed by atoms with Crippen LogP contribution in [0.4, 0.5) is 4.79 Å². The first-order valence-corrected chi connectivity index (χ1v) is 8.45. The summed E-state index contributed by atoms with van der Waals surface area (Å²) in [6, 6.07) is 18.6. The Morgan fingerprint density at radius 3 is 2.08 bits per heavy atom. The molecule has 0 heterocycles. The number of hydrogen-bond donors (Lipinski definition) is 1. The number of carbonyl (C=O) groups is 2. The van der Waals surface area contributed by atoms with Crippen LogP contribution in [0.3, 0.4) is 0 Å². The second-order valence-corrected chi connectivity index (χ2v) is 7.03. The number of Topliss-reactive ketones (excluding diaryl/α,β-unsaturated/α-hetero) is 1. The van der Waals surface area contributed by atoms with E-state index >= 15 is 0 Å². The maximum Gasteiger partial charge on any atom is 0.407 e. The number of rotatable bonds is 6. The van der Waals surface area contributed by atoms with E-state index in [1.54, 1.807) is 12.1 Å². The summed E-state index contributed by atoms with van der Waals surface area (Å²) >= 11 is 0. The van der Waals surface area contributed by atoms with Crippen molar-refractivity contribution in [3.05, 3.63) is 71.8 Å². The average Bonchev–Trinajstić information content (AvgIpc) is 2.54. The maximum atomic E-state index is 12.5. The molecule has 1 N–H and O–H groups in total. The fraction of sp³-hybridized carbons (Fsp3) is 0.333. The Hall–Kier alpha value is -2.62. The fourth-order valence-corrected chi connectivity index (χ4v) is 2.51. The zero-order valence-electron chi connectivity index (χ0n) is 15.0. The quantitative estimate of drug-likeness (QED) is 0.794. The summed E-state index contributed by atoms with van der Waals surface area (Å²) in [6.45, 7) is 5.44. The van der Waals surface area contributed by atoms with Gasteiger partial charge in [0.15, 0.2) is 5.78 Å². The number of alkyl carbamates (subject to hydrolysis) is 1. The monoisotopic (exact) mass is 339 g/mol. The summed E-state index contributed by atoms with van der Waals surface area (Å²) in [6.07, 6.45) is 0.283. The van der Waals surface area contributed by atoms with Crippen LogP contribution < -0.4 is 5.32 Å². The Morgan fingerprint density at radius 2 is 1.52 bits per heavy atom. The van der Waals surface area contributed by atoms with E-state index in [1.165, 1.54) is 0 Å². The molecule has 1 amide bonds. The molecule has 132 valence electrons. The zero-order chi connectivity index (χ0) is 18.3. The summed E-state index contributed by atoms with van der Waals surface area (Å²) in [5.74, 6) is -0.00223. The van der Waals surface area contributed by atoms with Crippen LogP contribution in [0.25, 0.3) is 0 Å². The van der Waals surface area contributed by atoms with Crippen LogP contribution in [0.1, 0.15) is 43.1 Å². The highest BCUT2D eigenvalue weighted by Crippen LogP contribution is 2.12. The van der Waals surface area contributed by atoms with Crippen molar-refractivity contribution in [2.75, 3.05) is 0 Å². The lowest BCUT2D eigenvalue weighted by atomic mass is 9.98. The third kappa shape index (κ3) is 6.79. The third-order valence-electron chi connectivity index (χ3n) is 3.57. The number of hydrogen-bond acceptors (Lipinski definition) is 3. The molecule has 1 atom stereocenters. The molecule has 4 heteroatoms. The molecule has 0 fully saturated rings. The van der Waals surface area contributed by atoms with Crippen molar-refractivity contribution in [1.29, 1.82) is 0 Å². The standard InChI is InChI=1S/C21H25NO3/c1-21(2,3)25-20(24)22-18(14-16-10-6-4-7-11-16)15-19(23)17-12-8-5-9-13-17/h4-13,18H,14-15H2,1-3H3,(H,22,24). The van der Waals surface area contributed by atoms with Crippen molar-refractivity contribution < 1.29 is 14.3 Å². The molecule has 0 aliphatic carbocycles. The van der Waals surface area contributed by atoms with Gasteiger partial charge in [0.05, 0.1) is 0 Å². The number of ether oxygens (including phenoxy) is 1. The highest BCUT2D eigenvalue weighted by Gasteiger charge is 2.22. The van der Waals surface area contributed by atoms with Crippen molar-refractivity contribution in [2.24, 2.45) is 0 Å². The SMILES string of the molecule is CC(C)(C)OC(=O)NC(CC(=O)c1ccccc1)Cc1ccccc1. The summed E-state index contributed by atoms with van der Waals surface area (Å²) in [4.78, 5) is 24.7. The van der Waals surface area contributed by atoms with E-state index in [9.17, 15) is 9.59 Å². The third-order valence-corrected chi connectivity index (χ3v) is 3.57. The van der Waals surface area contributed by atoms with Crippen LogP contribution in [0, 0.1) is 0 Å². The van der Waals surface area contributed by atoms with Gasteiger partial charge in [-0.3, -0.25) is 4.79 Å². The minimum atomic E-state index is -0.579. The molecule has 0 radical (unpaired) electrons. The second-order valence-electron chi connectivity index (χ2n) is 7.03. The molecular weight excluding hydrogens is 314 g/mol. The van der Waals surface area contributed by atoms with Gasteiger partial charge in [-0.05, 0) is 32.8 Å². The van der Waals surface area contributed by atoms with Crippen LogP contribution in [0.2, 0.25) is 0 Å². The minimum Gasteiger partial charge on any atom is -0.444 e. The van der Waals surface area contributed by atoms with Gasteiger partial charge in [0, 0.05) is 18.0 Å². The number of nitrogens with one attached hydrogen (secondary N) is 1. The summed E-state index contributed by atoms with van der Waals surface area (Å²) in [5, 5.41) is 2.84. The normalized spacial score (nSPS) is 12.3. The Morgan fingerprint density at radius 1 is 0.960 bits per heavy atom. The highest BCUT2D eigenvalue weighted by molar-refractivity contribution is 5.96. The fourth-order valence-electron chi connectivity index (χ4n) is 2.51. The Labute approximate surface area is 149 Å². The molecule has 2 rings (SSSR count). The van der Waals surface area contributed by atoms with E-state index in [-0.39, 0.29) is 18.2 Å². The van der Waals surface area contributed by atoms with Crippen molar-refractivity contribution in [2.45, 2.75) is 45.3 Å². The molecule has 4 nitrogen and oxygen atoms in total. The van der Waals surface area contributed by atoms with Gasteiger partial charge in [0.2, 0.25) is 0 Å². The molecule has 0 bridgehead atoms. The van der Waals surface area contributed by atoms with E-state index in [0.29, 0.717) is 12.0 Å². The van der Waals surface area contributed by atoms with Crippen LogP contribution in [-0.4, -0.2) is 23.5 Å². The van der Waals surface area contributed by atoms with E-state index < -0.39 is 11.7 Å². The molecule has 1 unspecified atom stereocenters. The first-order valence-electron chi connectivity index (χ1n) is 8.45. The smallest absolute Gasteiger partial charge is 0.407 e. The van der Waals surface area contributed by atoms with Gasteiger partial charge in [-0.1, -0.05) is 60.7 Å². The molecule has 2 aromatic rings. The molecular formula is C21H25NO3. The number of ketones is 1. The minimum absolute atomic E-state index is 0.00223. The Balaban J connectivity index is 2.08. The number of amides is 1. The molecule has 0 aromatic heterocycles. The molecule has 0 aliphatic heterocycles. The summed E-state index contributed by atoms with van der Waals surface area (Å²) in [5.41, 5.74) is 1.13. The molecule has 0 saturated carbocycles. The molecule has 25 heavy (non-hydrogen) atoms. The first-order chi connectivity index (χ1) is 11.8. The van der Waals surface area contributed by atoms with Gasteiger partial charge >= 0.3 is 6.09 Å². The molecule has 2 aromatic carbocycles. The van der Waals surface area contributed by atoms with E-state index in [2.05, 4.69) is 5.32 Å². The lowest BCUT2D eigenvalue weighted by Gasteiger charge is -2.23. The van der Waals surface area contributed by atoms with Gasteiger partial charge < -0.3 is 10.1 Å². The lowest BCUT2D eigenvalue weighted by Crippen LogP contribution is -2.41. The Bertz CT molecular complexity index is 690. The topological polar surface area (TPSA) is 55.4 Å². The van der Waals surface area contributed by atoms with Crippen molar-refractivity contribution in [3.63, 3.8) is 0 Å². The molecule has 0 saturated heterocycles. The zero-order valence-corrected chi connectivity index (χ0v) is 15.0. The predicted octanol–water partition coefficient (Wildman–Crippen LogP) is 4.40. The molecule has 0 spiro atoms. The summed E-state index contributed by atoms with van der Waals surface area (Å²) in [7, 11) is 0. The first kappa shape index (κ1) is 18.7. The van der Waals surface area contributed by atoms with Crippen LogP contribution in [-0.2, 0) is 11.2 Å². The highest BCUT2D eigenvalue weighted by atomic mass is 16.6. The van der Waals surface area contributed by atoms with Gasteiger partial charge in [-0.15, -0.1) is 0 Å². The lowest BCUT2D eigenvalue weighted by molar-refractivity contribution is 0.0502. The molecule has 0 aliphatic rings. The van der Waals surface area contributed by atoms with E-state index in [1.807, 2.05) is 69.3 Å². The number of carbonyl (C=O) groups excluding carboxylic acids is 2. The van der Waals surface area contributed by atoms with Gasteiger partial charge in [-0.2, -0.15) is 0 Å². The second kappa shape index (κ2) is 8.47. The van der Waals surface area contributed by atoms with Gasteiger partial charge in [-0.25, -0.2) is 4.79 Å². The average molecular weight is 339 g/mol.